The molecule has 3 aromatic rings. The number of primary amides is 1. The first-order valence-corrected chi connectivity index (χ1v) is 12.2. The lowest BCUT2D eigenvalue weighted by Gasteiger charge is -2.49. The van der Waals surface area contributed by atoms with Crippen LogP contribution in [-0.2, 0) is 14.4 Å². The number of aliphatic hydroxyl groups is 4. The fraction of sp³-hybridized carbons (Fsp3) is 0.167. The minimum absolute atomic E-state index is 0.0936. The van der Waals surface area contributed by atoms with Crippen molar-refractivity contribution < 1.29 is 39.9 Å². The Morgan fingerprint density at radius 2 is 1.69 bits per heavy atom. The Labute approximate surface area is 221 Å². The normalized spacial score (nSPS) is 27.4. The molecule has 9 nitrogen and oxygen atoms in total. The molecule has 9 heteroatoms. The third-order valence-electron chi connectivity index (χ3n) is 8.00. The van der Waals surface area contributed by atoms with Crippen molar-refractivity contribution in [1.82, 2.24) is 0 Å². The molecule has 0 bridgehead atoms. The van der Waals surface area contributed by atoms with Gasteiger partial charge in [-0.3, -0.25) is 14.4 Å². The summed E-state index contributed by atoms with van der Waals surface area (Å²) < 4.78 is 0. The van der Waals surface area contributed by atoms with E-state index in [0.717, 1.165) is 10.8 Å². The second-order valence-corrected chi connectivity index (χ2v) is 10.1. The number of aliphatic hydroxyl groups excluding tert-OH is 3. The van der Waals surface area contributed by atoms with Gasteiger partial charge in [0.2, 0.25) is 5.78 Å². The standard InChI is InChI=1S/C30H23NO8/c31-29(38)23-20(33)12-18-25(34)22-17(11-13-8-9-14-4-1-2-5-15(14)10-13)16-6-3-7-19(32)21(16)26(35)24(22)28(37)30(18,39)27(23)36/h1-11,18,22,25,32,34-36,39H,12H2,(H2,31,38)/b17-11+. The first-order chi connectivity index (χ1) is 18.6. The third-order valence-corrected chi connectivity index (χ3v) is 8.00. The Balaban J connectivity index is 1.63. The van der Waals surface area contributed by atoms with Gasteiger partial charge in [0.25, 0.3) is 5.91 Å². The van der Waals surface area contributed by atoms with Crippen molar-refractivity contribution in [2.24, 2.45) is 17.6 Å². The molecule has 0 saturated heterocycles. The molecule has 0 aromatic heterocycles. The largest absolute Gasteiger partial charge is 0.508 e. The highest BCUT2D eigenvalue weighted by Crippen LogP contribution is 2.55. The van der Waals surface area contributed by atoms with E-state index in [1.807, 2.05) is 42.5 Å². The van der Waals surface area contributed by atoms with E-state index in [4.69, 9.17) is 5.73 Å². The smallest absolute Gasteiger partial charge is 0.255 e. The van der Waals surface area contributed by atoms with Crippen LogP contribution in [0.25, 0.3) is 28.2 Å². The van der Waals surface area contributed by atoms with E-state index in [-0.39, 0.29) is 11.3 Å². The molecule has 6 rings (SSSR count). The van der Waals surface area contributed by atoms with E-state index in [1.54, 1.807) is 18.2 Å². The van der Waals surface area contributed by atoms with Crippen molar-refractivity contribution in [3.63, 3.8) is 0 Å². The molecule has 4 atom stereocenters. The number of amides is 1. The first kappa shape index (κ1) is 24.6. The van der Waals surface area contributed by atoms with Gasteiger partial charge in [-0.25, -0.2) is 0 Å². The lowest BCUT2D eigenvalue weighted by molar-refractivity contribution is -0.157. The molecule has 1 fully saturated rings. The zero-order valence-corrected chi connectivity index (χ0v) is 20.3. The zero-order valence-electron chi connectivity index (χ0n) is 20.3. The number of phenols is 1. The van der Waals surface area contributed by atoms with Gasteiger partial charge in [0.05, 0.1) is 17.2 Å². The number of hydrogen-bond donors (Lipinski definition) is 6. The number of phenolic OH excluding ortho intramolecular Hbond substituents is 1. The second kappa shape index (κ2) is 8.39. The SMILES string of the molecule is NC(=O)C1=C(O)C2(O)C(=O)C3=C(O)c4c(O)cccc4/C(=C\c4ccc5ccccc5c4)C3C(O)C2CC1=O. The van der Waals surface area contributed by atoms with E-state index in [1.165, 1.54) is 6.07 Å². The maximum absolute atomic E-state index is 13.9. The monoisotopic (exact) mass is 525 g/mol. The van der Waals surface area contributed by atoms with Crippen molar-refractivity contribution in [1.29, 1.82) is 0 Å². The molecule has 0 spiro atoms. The van der Waals surface area contributed by atoms with Gasteiger partial charge in [-0.2, -0.15) is 0 Å². The number of ketones is 2. The van der Waals surface area contributed by atoms with Crippen LogP contribution < -0.4 is 5.73 Å². The summed E-state index contributed by atoms with van der Waals surface area (Å²) in [5.74, 6) is -8.55. The molecule has 196 valence electrons. The van der Waals surface area contributed by atoms with Gasteiger partial charge in [-0.1, -0.05) is 54.6 Å². The van der Waals surface area contributed by atoms with Crippen LogP contribution in [0.5, 0.6) is 5.75 Å². The number of Topliss-reactive ketones (excluding diaryl/α,β-unsaturated/α-hetero) is 2. The van der Waals surface area contributed by atoms with Crippen LogP contribution in [-0.4, -0.2) is 54.7 Å². The number of nitrogens with two attached hydrogens (primary N) is 1. The Kier molecular flexibility index (Phi) is 5.29. The highest BCUT2D eigenvalue weighted by atomic mass is 16.4. The number of carbonyl (C=O) groups is 3. The van der Waals surface area contributed by atoms with Crippen LogP contribution in [0.1, 0.15) is 23.1 Å². The van der Waals surface area contributed by atoms with Gasteiger partial charge >= 0.3 is 0 Å². The first-order valence-electron chi connectivity index (χ1n) is 12.2. The van der Waals surface area contributed by atoms with E-state index in [9.17, 15) is 39.9 Å². The fourth-order valence-electron chi connectivity index (χ4n) is 6.17. The van der Waals surface area contributed by atoms with Crippen LogP contribution in [0, 0.1) is 11.8 Å². The molecular formula is C30H23NO8. The average Bonchev–Trinajstić information content (AvgIpc) is 2.90. The van der Waals surface area contributed by atoms with Crippen LogP contribution in [0.15, 0.2) is 77.6 Å². The summed E-state index contributed by atoms with van der Waals surface area (Å²) in [6.45, 7) is 0. The van der Waals surface area contributed by atoms with Crippen LogP contribution in [0.2, 0.25) is 0 Å². The van der Waals surface area contributed by atoms with E-state index < -0.39 is 70.1 Å². The number of carbonyl (C=O) groups excluding carboxylic acids is 3. The maximum atomic E-state index is 13.9. The molecule has 3 aromatic carbocycles. The van der Waals surface area contributed by atoms with Gasteiger partial charge < -0.3 is 31.3 Å². The summed E-state index contributed by atoms with van der Waals surface area (Å²) >= 11 is 0. The number of aromatic hydroxyl groups is 1. The summed E-state index contributed by atoms with van der Waals surface area (Å²) in [7, 11) is 0. The quantitative estimate of drug-likeness (QED) is 0.276. The molecular weight excluding hydrogens is 502 g/mol. The molecule has 3 aliphatic rings. The van der Waals surface area contributed by atoms with Crippen molar-refractivity contribution in [3.8, 4) is 5.75 Å². The summed E-state index contributed by atoms with van der Waals surface area (Å²) in [5.41, 5.74) is 2.23. The predicted molar refractivity (Wildman–Crippen MR) is 141 cm³/mol. The number of rotatable bonds is 2. The molecule has 4 unspecified atom stereocenters. The van der Waals surface area contributed by atoms with Crippen molar-refractivity contribution >= 4 is 45.7 Å². The summed E-state index contributed by atoms with van der Waals surface area (Å²) in [6.07, 6.45) is -0.600. The Morgan fingerprint density at radius 1 is 0.974 bits per heavy atom. The lowest BCUT2D eigenvalue weighted by atomic mass is 9.56. The van der Waals surface area contributed by atoms with Crippen LogP contribution in [0.4, 0.5) is 0 Å². The molecule has 1 saturated carbocycles. The van der Waals surface area contributed by atoms with Crippen molar-refractivity contribution in [3.05, 3.63) is 94.3 Å². The number of hydrogen-bond acceptors (Lipinski definition) is 8. The summed E-state index contributed by atoms with van der Waals surface area (Å²) in [4.78, 5) is 38.5. The van der Waals surface area contributed by atoms with Gasteiger partial charge in [0.15, 0.2) is 11.4 Å². The number of fused-ring (bicyclic) bond motifs is 4. The van der Waals surface area contributed by atoms with E-state index >= 15 is 0 Å². The van der Waals surface area contributed by atoms with Crippen LogP contribution in [0.3, 0.4) is 0 Å². The molecule has 39 heavy (non-hydrogen) atoms. The van der Waals surface area contributed by atoms with E-state index in [2.05, 4.69) is 0 Å². The van der Waals surface area contributed by atoms with Gasteiger partial charge in [-0.15, -0.1) is 0 Å². The Bertz CT molecular complexity index is 1730. The van der Waals surface area contributed by atoms with Crippen molar-refractivity contribution in [2.45, 2.75) is 18.1 Å². The highest BCUT2D eigenvalue weighted by Gasteiger charge is 2.64. The number of benzene rings is 3. The molecule has 3 aliphatic carbocycles. The van der Waals surface area contributed by atoms with E-state index in [0.29, 0.717) is 16.7 Å². The minimum atomic E-state index is -2.90. The summed E-state index contributed by atoms with van der Waals surface area (Å²) in [6, 6.07) is 17.8. The average molecular weight is 526 g/mol. The predicted octanol–water partition coefficient (Wildman–Crippen LogP) is 2.55. The van der Waals surface area contributed by atoms with Gasteiger partial charge in [-0.05, 0) is 39.6 Å². The molecule has 0 heterocycles. The fourth-order valence-corrected chi connectivity index (χ4v) is 6.17. The lowest BCUT2D eigenvalue weighted by Crippen LogP contribution is -2.63. The maximum Gasteiger partial charge on any atom is 0.255 e. The third kappa shape index (κ3) is 3.30. The summed E-state index contributed by atoms with van der Waals surface area (Å²) in [5, 5.41) is 57.8. The van der Waals surface area contributed by atoms with Gasteiger partial charge in [0.1, 0.15) is 22.8 Å². The van der Waals surface area contributed by atoms with Crippen LogP contribution >= 0.6 is 0 Å². The second-order valence-electron chi connectivity index (χ2n) is 10.1. The van der Waals surface area contributed by atoms with Crippen molar-refractivity contribution in [2.75, 3.05) is 0 Å². The van der Waals surface area contributed by atoms with Gasteiger partial charge in [0, 0.05) is 18.3 Å². The zero-order chi connectivity index (χ0) is 27.8. The highest BCUT2D eigenvalue weighted by molar-refractivity contribution is 6.23. The Hall–Kier alpha value is -4.73. The molecule has 0 aliphatic heterocycles. The minimum Gasteiger partial charge on any atom is -0.508 e. The topological polar surface area (TPSA) is 178 Å². The molecule has 1 amide bonds. The Morgan fingerprint density at radius 3 is 2.41 bits per heavy atom. The molecule has 0 radical (unpaired) electrons. The molecule has 7 N–H and O–H groups in total.